The van der Waals surface area contributed by atoms with Gasteiger partial charge in [-0.25, -0.2) is 9.59 Å². The highest BCUT2D eigenvalue weighted by molar-refractivity contribution is 9.10. The third-order valence-electron chi connectivity index (χ3n) is 5.84. The van der Waals surface area contributed by atoms with E-state index >= 15 is 0 Å². The van der Waals surface area contributed by atoms with Crippen LogP contribution in [0.5, 0.6) is 0 Å². The number of carbonyl (C=O) groups excluding carboxylic acids is 1. The molecular formula is C24H18BrNO4. The molecule has 3 aromatic rings. The molecule has 1 heterocycles. The maximum Gasteiger partial charge on any atom is 0.415 e. The van der Waals surface area contributed by atoms with Crippen molar-refractivity contribution in [3.05, 3.63) is 87.9 Å². The minimum Gasteiger partial charge on any atom is -0.480 e. The standard InChI is InChI=1S/C24H18BrNO4/c25-15-9-10-21-14(11-15)12-22(23(27)28)26(21)24(29)30-13-20-18-7-3-1-5-16(18)17-6-2-4-8-19(17)20/h1-11,20,22H,12-13H2,(H,27,28)/t22-/m0/s1. The quantitative estimate of drug-likeness (QED) is 0.578. The van der Waals surface area contributed by atoms with Crippen LogP contribution in [0.3, 0.4) is 0 Å². The van der Waals surface area contributed by atoms with Gasteiger partial charge in [-0.3, -0.25) is 4.90 Å². The Kier molecular flexibility index (Phi) is 4.59. The van der Waals surface area contributed by atoms with Crippen LogP contribution in [0.1, 0.15) is 22.6 Å². The summed E-state index contributed by atoms with van der Waals surface area (Å²) in [6, 6.07) is 20.6. The molecule has 5 nitrogen and oxygen atoms in total. The Morgan fingerprint density at radius 1 is 1.00 bits per heavy atom. The number of fused-ring (bicyclic) bond motifs is 4. The Labute approximate surface area is 182 Å². The molecule has 1 N–H and O–H groups in total. The summed E-state index contributed by atoms with van der Waals surface area (Å²) in [4.78, 5) is 26.1. The third-order valence-corrected chi connectivity index (χ3v) is 6.34. The minimum absolute atomic E-state index is 0.0726. The molecule has 0 radical (unpaired) electrons. The molecule has 0 spiro atoms. The summed E-state index contributed by atoms with van der Waals surface area (Å²) in [6.07, 6.45) is -0.376. The highest BCUT2D eigenvalue weighted by atomic mass is 79.9. The molecule has 0 aromatic heterocycles. The topological polar surface area (TPSA) is 66.8 Å². The fourth-order valence-corrected chi connectivity index (χ4v) is 4.92. The number of hydrogen-bond acceptors (Lipinski definition) is 3. The van der Waals surface area contributed by atoms with Crippen molar-refractivity contribution in [3.63, 3.8) is 0 Å². The predicted molar refractivity (Wildman–Crippen MR) is 117 cm³/mol. The van der Waals surface area contributed by atoms with E-state index in [1.54, 1.807) is 12.1 Å². The summed E-state index contributed by atoms with van der Waals surface area (Å²) in [5.41, 5.74) is 5.93. The number of amides is 1. The summed E-state index contributed by atoms with van der Waals surface area (Å²) in [6.45, 7) is 0.154. The van der Waals surface area contributed by atoms with Gasteiger partial charge in [-0.2, -0.15) is 0 Å². The molecule has 2 aliphatic rings. The monoisotopic (exact) mass is 463 g/mol. The van der Waals surface area contributed by atoms with Gasteiger partial charge in [0.2, 0.25) is 0 Å². The van der Waals surface area contributed by atoms with Gasteiger partial charge in [0, 0.05) is 16.8 Å². The van der Waals surface area contributed by atoms with E-state index in [-0.39, 0.29) is 18.9 Å². The van der Waals surface area contributed by atoms with Gasteiger partial charge in [0.1, 0.15) is 12.6 Å². The third kappa shape index (κ3) is 2.99. The number of carboxylic acids is 1. The first-order valence-corrected chi connectivity index (χ1v) is 10.5. The molecule has 0 fully saturated rings. The van der Waals surface area contributed by atoms with Crippen LogP contribution in [-0.4, -0.2) is 29.8 Å². The van der Waals surface area contributed by atoms with E-state index < -0.39 is 18.1 Å². The number of carboxylic acid groups (broad SMARTS) is 1. The first-order valence-electron chi connectivity index (χ1n) is 9.70. The summed E-state index contributed by atoms with van der Waals surface area (Å²) in [5, 5.41) is 9.65. The number of halogens is 1. The second-order valence-corrected chi connectivity index (χ2v) is 8.42. The zero-order chi connectivity index (χ0) is 20.8. The van der Waals surface area contributed by atoms with Crippen LogP contribution in [0, 0.1) is 0 Å². The van der Waals surface area contributed by atoms with Crippen LogP contribution in [0.2, 0.25) is 0 Å². The van der Waals surface area contributed by atoms with E-state index in [9.17, 15) is 14.7 Å². The van der Waals surface area contributed by atoms with E-state index in [1.165, 1.54) is 4.90 Å². The summed E-state index contributed by atoms with van der Waals surface area (Å²) >= 11 is 3.40. The number of ether oxygens (including phenoxy) is 1. The van der Waals surface area contributed by atoms with Gasteiger partial charge in [0.05, 0.1) is 5.69 Å². The molecule has 0 unspecified atom stereocenters. The van der Waals surface area contributed by atoms with Crippen molar-refractivity contribution in [2.75, 3.05) is 11.5 Å². The molecule has 1 aliphatic heterocycles. The number of rotatable bonds is 3. The maximum atomic E-state index is 13.0. The Morgan fingerprint density at radius 2 is 1.63 bits per heavy atom. The van der Waals surface area contributed by atoms with Crippen molar-refractivity contribution in [1.82, 2.24) is 0 Å². The largest absolute Gasteiger partial charge is 0.480 e. The van der Waals surface area contributed by atoms with Gasteiger partial charge in [-0.15, -0.1) is 0 Å². The number of benzene rings is 3. The van der Waals surface area contributed by atoms with Crippen LogP contribution in [0.25, 0.3) is 11.1 Å². The first-order chi connectivity index (χ1) is 14.5. The molecule has 0 saturated carbocycles. The van der Waals surface area contributed by atoms with Gasteiger partial charge in [-0.1, -0.05) is 64.5 Å². The fraction of sp³-hybridized carbons (Fsp3) is 0.167. The molecular weight excluding hydrogens is 446 g/mol. The van der Waals surface area contributed by atoms with E-state index in [2.05, 4.69) is 40.2 Å². The summed E-state index contributed by atoms with van der Waals surface area (Å²) in [7, 11) is 0. The van der Waals surface area contributed by atoms with Crippen molar-refractivity contribution in [3.8, 4) is 11.1 Å². The predicted octanol–water partition coefficient (Wildman–Crippen LogP) is 5.21. The second kappa shape index (κ2) is 7.29. The van der Waals surface area contributed by atoms with Crippen LogP contribution < -0.4 is 4.90 Å². The molecule has 1 aliphatic carbocycles. The lowest BCUT2D eigenvalue weighted by atomic mass is 9.98. The molecule has 5 rings (SSSR count). The van der Waals surface area contributed by atoms with Crippen molar-refractivity contribution in [1.29, 1.82) is 0 Å². The molecule has 6 heteroatoms. The molecule has 30 heavy (non-hydrogen) atoms. The second-order valence-electron chi connectivity index (χ2n) is 7.51. The van der Waals surface area contributed by atoms with Crippen LogP contribution in [0.4, 0.5) is 10.5 Å². The zero-order valence-corrected chi connectivity index (χ0v) is 17.5. The van der Waals surface area contributed by atoms with Crippen LogP contribution in [0.15, 0.2) is 71.2 Å². The summed E-state index contributed by atoms with van der Waals surface area (Å²) in [5.74, 6) is -1.12. The van der Waals surface area contributed by atoms with Gasteiger partial charge in [-0.05, 0) is 46.0 Å². The highest BCUT2D eigenvalue weighted by Gasteiger charge is 2.40. The Bertz CT molecular complexity index is 1130. The molecule has 1 atom stereocenters. The van der Waals surface area contributed by atoms with E-state index in [0.717, 1.165) is 32.3 Å². The number of hydrogen-bond donors (Lipinski definition) is 1. The lowest BCUT2D eigenvalue weighted by Crippen LogP contribution is -2.43. The van der Waals surface area contributed by atoms with Crippen LogP contribution in [-0.2, 0) is 16.0 Å². The lowest BCUT2D eigenvalue weighted by Gasteiger charge is -2.23. The highest BCUT2D eigenvalue weighted by Crippen LogP contribution is 2.44. The van der Waals surface area contributed by atoms with Crippen LogP contribution >= 0.6 is 15.9 Å². The lowest BCUT2D eigenvalue weighted by molar-refractivity contribution is -0.138. The maximum absolute atomic E-state index is 13.0. The van der Waals surface area contributed by atoms with E-state index in [0.29, 0.717) is 5.69 Å². The van der Waals surface area contributed by atoms with Crippen molar-refractivity contribution < 1.29 is 19.4 Å². The van der Waals surface area contributed by atoms with Gasteiger partial charge < -0.3 is 9.84 Å². The molecule has 1 amide bonds. The fourth-order valence-electron chi connectivity index (χ4n) is 4.51. The SMILES string of the molecule is O=C(O)[C@@H]1Cc2cc(Br)ccc2N1C(=O)OCC1c2ccccc2-c2ccccc21. The van der Waals surface area contributed by atoms with Crippen molar-refractivity contribution in [2.45, 2.75) is 18.4 Å². The molecule has 0 bridgehead atoms. The van der Waals surface area contributed by atoms with Crippen molar-refractivity contribution >= 4 is 33.7 Å². The normalized spacial score (nSPS) is 16.7. The average molecular weight is 464 g/mol. The Balaban J connectivity index is 1.42. The smallest absolute Gasteiger partial charge is 0.415 e. The van der Waals surface area contributed by atoms with Gasteiger partial charge in [0.15, 0.2) is 0 Å². The average Bonchev–Trinajstić information content (AvgIpc) is 3.28. The minimum atomic E-state index is -1.05. The number of carbonyl (C=O) groups is 2. The van der Waals surface area contributed by atoms with Crippen molar-refractivity contribution in [2.24, 2.45) is 0 Å². The van der Waals surface area contributed by atoms with Gasteiger partial charge >= 0.3 is 12.1 Å². The zero-order valence-electron chi connectivity index (χ0n) is 15.9. The summed E-state index contributed by atoms with van der Waals surface area (Å²) < 4.78 is 6.55. The number of nitrogens with zero attached hydrogens (tertiary/aromatic N) is 1. The molecule has 0 saturated heterocycles. The number of anilines is 1. The van der Waals surface area contributed by atoms with E-state index in [4.69, 9.17) is 4.74 Å². The number of aliphatic carboxylic acids is 1. The molecule has 3 aromatic carbocycles. The van der Waals surface area contributed by atoms with Gasteiger partial charge in [0.25, 0.3) is 0 Å². The Morgan fingerprint density at radius 3 is 2.27 bits per heavy atom. The molecule has 150 valence electrons. The Hall–Kier alpha value is -3.12. The first kappa shape index (κ1) is 18.9. The van der Waals surface area contributed by atoms with E-state index in [1.807, 2.05) is 30.3 Å².